The van der Waals surface area contributed by atoms with Gasteiger partial charge in [0.05, 0.1) is 87.7 Å². The molecular weight excluding hydrogens is 1140 g/mol. The third-order valence-corrected chi connectivity index (χ3v) is 19.6. The van der Waals surface area contributed by atoms with E-state index in [1.165, 1.54) is 82.9 Å². The van der Waals surface area contributed by atoms with Gasteiger partial charge in [0, 0.05) is 68.2 Å². The number of methoxy groups -OCH3 is 2. The number of nitrogens with zero attached hydrogens (tertiary/aromatic N) is 4. The van der Waals surface area contributed by atoms with Crippen LogP contribution in [-0.4, -0.2) is 176 Å². The van der Waals surface area contributed by atoms with E-state index >= 15 is 0 Å². The topological polar surface area (TPSA) is 236 Å². The molecule has 23 heteroatoms. The number of rotatable bonds is 18. The zero-order valence-corrected chi connectivity index (χ0v) is 52.1. The minimum atomic E-state index is -1.89. The Kier molecular flexibility index (Phi) is 22.9. The van der Waals surface area contributed by atoms with E-state index in [2.05, 4.69) is 10.6 Å². The lowest BCUT2D eigenvalue weighted by atomic mass is 9.72. The number of ether oxygens (including phenoxy) is 8. The summed E-state index contributed by atoms with van der Waals surface area (Å²) in [4.78, 5) is 80.7. The molecule has 1 aliphatic carbocycles. The number of hydrogen-bond donors (Lipinski definition) is 3. The Morgan fingerprint density at radius 3 is 2.25 bits per heavy atom. The Morgan fingerprint density at radius 2 is 1.58 bits per heavy atom. The Morgan fingerprint density at radius 1 is 0.929 bits per heavy atom. The second kappa shape index (κ2) is 29.6. The Bertz CT molecular complexity index is 2890. The summed E-state index contributed by atoms with van der Waals surface area (Å²) in [5, 5.41) is 18.8. The van der Waals surface area contributed by atoms with Crippen LogP contribution in [-0.2, 0) is 65.5 Å². The predicted molar refractivity (Wildman–Crippen MR) is 322 cm³/mol. The highest BCUT2D eigenvalue weighted by molar-refractivity contribution is 8.00. The first kappa shape index (κ1) is 64.9. The molecule has 6 aliphatic rings. The Hall–Kier alpha value is -5.04. The van der Waals surface area contributed by atoms with Crippen molar-refractivity contribution in [3.8, 4) is 5.75 Å². The number of aliphatic hydroxyl groups is 1. The predicted octanol–water partition coefficient (Wildman–Crippen LogP) is 8.43. The van der Waals surface area contributed by atoms with Crippen molar-refractivity contribution in [2.45, 2.75) is 168 Å². The zero-order valence-electron chi connectivity index (χ0n) is 49.7. The zero-order chi connectivity index (χ0) is 60.2. The van der Waals surface area contributed by atoms with Crippen LogP contribution in [0.4, 0.5) is 10.5 Å². The molecule has 3 aromatic rings. The van der Waals surface area contributed by atoms with Crippen molar-refractivity contribution in [3.63, 3.8) is 0 Å². The highest BCUT2D eigenvalue weighted by atomic mass is 35.5. The molecule has 3 N–H and O–H groups in total. The largest absolute Gasteiger partial charge is 0.495 e. The van der Waals surface area contributed by atoms with Crippen molar-refractivity contribution in [1.82, 2.24) is 25.5 Å². The van der Waals surface area contributed by atoms with E-state index in [-0.39, 0.29) is 62.3 Å². The quantitative estimate of drug-likeness (QED) is 0.0800. The fraction of sp³-hybridized carbons (Fsp3) is 0.623. The summed E-state index contributed by atoms with van der Waals surface area (Å²) >= 11 is 10.9. The number of carbonyl (C=O) groups is 5. The number of likely N-dealkylation sites (N-methyl/N-ethyl adjacent to an activating group) is 1. The van der Waals surface area contributed by atoms with Crippen molar-refractivity contribution < 1.29 is 67.0 Å². The summed E-state index contributed by atoms with van der Waals surface area (Å²) in [6.07, 6.45) is 10.2. The molecule has 2 unspecified atom stereocenters. The first-order chi connectivity index (χ1) is 40.2. The van der Waals surface area contributed by atoms with E-state index in [1.54, 1.807) is 51.2 Å². The Labute approximate surface area is 506 Å². The van der Waals surface area contributed by atoms with E-state index in [4.69, 9.17) is 59.5 Å². The van der Waals surface area contributed by atoms with E-state index in [0.717, 1.165) is 45.1 Å². The number of allylic oxidation sites excluding steroid dienone is 3. The monoisotopic (exact) mass is 1220 g/mol. The van der Waals surface area contributed by atoms with Gasteiger partial charge >= 0.3 is 12.1 Å². The number of anilines is 1. The summed E-state index contributed by atoms with van der Waals surface area (Å²) < 4.78 is 46.8. The lowest BCUT2D eigenvalue weighted by molar-refractivity contribution is -0.328. The lowest BCUT2D eigenvalue weighted by Gasteiger charge is -2.59. The number of benzene rings is 2. The van der Waals surface area contributed by atoms with Gasteiger partial charge < -0.3 is 58.1 Å². The minimum absolute atomic E-state index is 0.0395. The van der Waals surface area contributed by atoms with Crippen LogP contribution in [0.2, 0.25) is 5.02 Å². The number of esters is 1. The molecule has 460 valence electrons. The second-order valence-corrected chi connectivity index (χ2v) is 25.9. The molecule has 6 heterocycles. The highest BCUT2D eigenvalue weighted by Crippen LogP contribution is 2.51. The normalized spacial score (nSPS) is 28.1. The van der Waals surface area contributed by atoms with Crippen LogP contribution in [0.5, 0.6) is 5.75 Å². The number of nitrogens with one attached hydrogen (secondary N) is 2. The molecule has 1 aromatic heterocycles. The van der Waals surface area contributed by atoms with Gasteiger partial charge in [-0.1, -0.05) is 61.1 Å². The summed E-state index contributed by atoms with van der Waals surface area (Å²) in [6, 6.07) is 7.99. The van der Waals surface area contributed by atoms with Gasteiger partial charge in [-0.05, 0) is 89.3 Å². The number of hydrogen-bond acceptors (Lipinski definition) is 18. The average Bonchev–Trinajstić information content (AvgIpc) is 0.817. The molecule has 0 spiro atoms. The van der Waals surface area contributed by atoms with Gasteiger partial charge in [0.2, 0.25) is 11.8 Å². The molecular formula is C61H83ClN6O14S2. The maximum absolute atomic E-state index is 14.4. The molecule has 9 rings (SSSR count). The second-order valence-electron chi connectivity index (χ2n) is 22.9. The molecule has 20 nitrogen and oxygen atoms in total. The third-order valence-electron chi connectivity index (χ3n) is 16.5. The van der Waals surface area contributed by atoms with Crippen LogP contribution in [0, 0.1) is 0 Å². The van der Waals surface area contributed by atoms with E-state index in [0.29, 0.717) is 60.3 Å². The molecule has 2 aromatic carbocycles. The van der Waals surface area contributed by atoms with Gasteiger partial charge in [-0.2, -0.15) is 23.5 Å². The van der Waals surface area contributed by atoms with Crippen molar-refractivity contribution in [2.24, 2.45) is 0 Å². The molecule has 5 aliphatic heterocycles. The van der Waals surface area contributed by atoms with E-state index < -0.39 is 59.3 Å². The van der Waals surface area contributed by atoms with Gasteiger partial charge in [-0.15, -0.1) is 0 Å². The van der Waals surface area contributed by atoms with Crippen molar-refractivity contribution >= 4 is 81.6 Å². The number of thioether (sulfide) groups is 2. The number of aromatic nitrogens is 2. The standard InChI is InChI=1S/C61H83ClN6O14S2/c1-38-14-13-17-50(76-8)61(74)34-52(81-58(73)66-61)60(4)37-59(3,82-60)51(33-54(70)68(6)48-29-40(28-38)30-49(75-7)55(48)62)80-57(72)39(2)67(5)53(69)20-22-77-24-26-79-27-25-78-23-21-63-56(71)41-18-19-44-45(31-41)65-47-36-84-43-16-12-10-9-11-15-42(32-43)83-35-46(47)64-44/h13-14,17-19,29-31,39,42-43,50-52,74H,9-12,15-16,20-28,32-37H2,1-8H3,(H,63,71)(H,66,73)/b17-13+,38-14+/t39-,42?,43?,50-,51+,52+,59-,60+,61+/m1/s1. The fourth-order valence-corrected chi connectivity index (χ4v) is 14.6. The molecule has 1 saturated carbocycles. The van der Waals surface area contributed by atoms with Crippen LogP contribution in [0.15, 0.2) is 54.1 Å². The fourth-order valence-electron chi connectivity index (χ4n) is 11.6. The molecule has 84 heavy (non-hydrogen) atoms. The van der Waals surface area contributed by atoms with Crippen LogP contribution in [0.1, 0.15) is 126 Å². The number of amides is 4. The smallest absolute Gasteiger partial charge is 0.409 e. The van der Waals surface area contributed by atoms with Crippen LogP contribution < -0.4 is 20.3 Å². The first-order valence-electron chi connectivity index (χ1n) is 29.1. The van der Waals surface area contributed by atoms with Gasteiger partial charge in [0.15, 0.2) is 5.72 Å². The number of fused-ring (bicyclic) bond motifs is 10. The van der Waals surface area contributed by atoms with Crippen molar-refractivity contribution in [3.05, 3.63) is 81.7 Å². The Balaban J connectivity index is 0.777. The number of carbonyl (C=O) groups excluding carboxylic acids is 5. The van der Waals surface area contributed by atoms with Gasteiger partial charge in [-0.3, -0.25) is 19.7 Å². The molecule has 4 amide bonds. The van der Waals surface area contributed by atoms with Crippen LogP contribution in [0.25, 0.3) is 11.0 Å². The SMILES string of the molecule is COc1cc2cc(c1Cl)N(C)C(=O)C[C@H](OC(=O)[C@@H](C)N(C)C(=O)CCOCCOCCOCCNC(=O)c1ccc3nc4c(nc3c1)CSC1CCCCCCC(C1)SC4)[C@@]1(C)C[C@](C)(O1)[C@@H]1C[C@@](O)(NC(=O)O1)[C@H](OC)/C=C/C=C(\C)C2. The first-order valence-corrected chi connectivity index (χ1v) is 31.6. The lowest BCUT2D eigenvalue weighted by Crippen LogP contribution is -2.72. The van der Waals surface area contributed by atoms with Crippen LogP contribution in [0.3, 0.4) is 0 Å². The maximum atomic E-state index is 14.4. The molecule has 2 saturated heterocycles. The summed E-state index contributed by atoms with van der Waals surface area (Å²) in [5.41, 5.74) is 1.80. The van der Waals surface area contributed by atoms with E-state index in [1.807, 2.05) is 48.7 Å². The molecule has 9 atom stereocenters. The maximum Gasteiger partial charge on any atom is 0.409 e. The number of alkyl carbamates (subject to hydrolysis) is 1. The highest BCUT2D eigenvalue weighted by Gasteiger charge is 2.63. The average molecular weight is 1220 g/mol. The minimum Gasteiger partial charge on any atom is -0.495 e. The van der Waals surface area contributed by atoms with Crippen molar-refractivity contribution in [2.75, 3.05) is 79.4 Å². The summed E-state index contributed by atoms with van der Waals surface area (Å²) in [6.45, 7) is 8.59. The van der Waals surface area contributed by atoms with Gasteiger partial charge in [0.25, 0.3) is 5.91 Å². The summed E-state index contributed by atoms with van der Waals surface area (Å²) in [5.74, 6) is 0.206. The number of halogens is 1. The van der Waals surface area contributed by atoms with Crippen molar-refractivity contribution in [1.29, 1.82) is 0 Å². The summed E-state index contributed by atoms with van der Waals surface area (Å²) in [7, 11) is 5.95. The van der Waals surface area contributed by atoms with Gasteiger partial charge in [-0.25, -0.2) is 19.6 Å². The van der Waals surface area contributed by atoms with Crippen LogP contribution >= 0.6 is 35.1 Å². The van der Waals surface area contributed by atoms with Gasteiger partial charge in [0.1, 0.15) is 46.3 Å². The third kappa shape index (κ3) is 16.5. The van der Waals surface area contributed by atoms with E-state index in [9.17, 15) is 29.1 Å². The molecule has 0 radical (unpaired) electrons. The molecule has 8 bridgehead atoms. The molecule has 3 fully saturated rings.